The molecule has 1 amide bonds. The maximum Gasteiger partial charge on any atom is 0.270 e. The fourth-order valence-corrected chi connectivity index (χ4v) is 3.83. The normalized spacial score (nSPS) is 21.9. The summed E-state index contributed by atoms with van der Waals surface area (Å²) in [6.07, 6.45) is 3.38. The van der Waals surface area contributed by atoms with E-state index in [1.807, 2.05) is 17.0 Å². The molecule has 5 rings (SSSR count). The molecule has 2 atom stereocenters. The Morgan fingerprint density at radius 2 is 2.04 bits per heavy atom. The molecule has 1 N–H and O–H groups in total. The second-order valence-corrected chi connectivity index (χ2v) is 8.06. The molecule has 2 aromatic heterocycles. The van der Waals surface area contributed by atoms with E-state index in [-0.39, 0.29) is 5.91 Å². The van der Waals surface area contributed by atoms with Gasteiger partial charge in [-0.05, 0) is 61.9 Å². The van der Waals surface area contributed by atoms with Crippen molar-refractivity contribution in [1.29, 1.82) is 0 Å². The highest BCUT2D eigenvalue weighted by Gasteiger charge is 2.38. The molecule has 0 aliphatic heterocycles. The molecule has 0 spiro atoms. The van der Waals surface area contributed by atoms with Crippen LogP contribution in [0.5, 0.6) is 0 Å². The van der Waals surface area contributed by atoms with Crippen LogP contribution in [0.15, 0.2) is 40.8 Å². The molecule has 26 heavy (non-hydrogen) atoms. The lowest BCUT2D eigenvalue weighted by Crippen LogP contribution is -2.32. The topological polar surface area (TPSA) is 49.2 Å². The summed E-state index contributed by atoms with van der Waals surface area (Å²) in [6, 6.07) is 12.7. The van der Waals surface area contributed by atoms with Gasteiger partial charge >= 0.3 is 0 Å². The number of H-pyrrole nitrogens is 1. The van der Waals surface area contributed by atoms with Gasteiger partial charge in [-0.15, -0.1) is 0 Å². The lowest BCUT2D eigenvalue weighted by Gasteiger charge is -2.20. The fraction of sp³-hybridized carbons (Fsp3) is 0.409. The van der Waals surface area contributed by atoms with Crippen LogP contribution >= 0.6 is 0 Å². The summed E-state index contributed by atoms with van der Waals surface area (Å²) in [5.74, 6) is 3.35. The van der Waals surface area contributed by atoms with Gasteiger partial charge in [0.1, 0.15) is 17.2 Å². The number of furan rings is 1. The molecule has 0 saturated heterocycles. The summed E-state index contributed by atoms with van der Waals surface area (Å²) >= 11 is 0. The maximum absolute atomic E-state index is 13.1. The molecule has 4 nitrogen and oxygen atoms in total. The van der Waals surface area contributed by atoms with Gasteiger partial charge in [-0.3, -0.25) is 4.79 Å². The number of aryl methyl sites for hydroxylation is 1. The maximum atomic E-state index is 13.1. The largest absolute Gasteiger partial charge is 0.464 e. The molecule has 2 saturated carbocycles. The molecule has 3 aromatic rings. The molecule has 0 radical (unpaired) electrons. The first-order valence-electron chi connectivity index (χ1n) is 9.57. The van der Waals surface area contributed by atoms with E-state index in [1.165, 1.54) is 12.0 Å². The van der Waals surface area contributed by atoms with Crippen molar-refractivity contribution in [3.63, 3.8) is 0 Å². The first kappa shape index (κ1) is 15.7. The van der Waals surface area contributed by atoms with Crippen molar-refractivity contribution >= 4 is 16.8 Å². The van der Waals surface area contributed by atoms with Crippen molar-refractivity contribution in [3.05, 3.63) is 59.2 Å². The van der Waals surface area contributed by atoms with E-state index in [0.29, 0.717) is 24.2 Å². The number of nitrogens with one attached hydrogen (secondary N) is 1. The zero-order chi connectivity index (χ0) is 17.8. The van der Waals surface area contributed by atoms with Crippen LogP contribution in [0.4, 0.5) is 0 Å². The fourth-order valence-electron chi connectivity index (χ4n) is 3.83. The second-order valence-electron chi connectivity index (χ2n) is 8.06. The van der Waals surface area contributed by atoms with Crippen LogP contribution in [0.3, 0.4) is 0 Å². The van der Waals surface area contributed by atoms with Gasteiger partial charge in [-0.25, -0.2) is 0 Å². The molecule has 2 heterocycles. The predicted molar refractivity (Wildman–Crippen MR) is 101 cm³/mol. The number of carbonyl (C=O) groups excluding carboxylic acids is 1. The molecule has 4 heteroatoms. The number of amides is 1. The van der Waals surface area contributed by atoms with Crippen LogP contribution < -0.4 is 0 Å². The quantitative estimate of drug-likeness (QED) is 0.705. The van der Waals surface area contributed by atoms with E-state index in [2.05, 4.69) is 43.1 Å². The molecule has 2 aliphatic carbocycles. The van der Waals surface area contributed by atoms with Crippen molar-refractivity contribution in [2.24, 2.45) is 5.92 Å². The third-order valence-electron chi connectivity index (χ3n) is 5.74. The lowest BCUT2D eigenvalue weighted by atomic mass is 10.2. The summed E-state index contributed by atoms with van der Waals surface area (Å²) in [7, 11) is 0. The van der Waals surface area contributed by atoms with Gasteiger partial charge in [0.05, 0.1) is 6.54 Å². The number of aromatic amines is 1. The number of fused-ring (bicyclic) bond motifs is 1. The number of rotatable bonds is 5. The predicted octanol–water partition coefficient (Wildman–Crippen LogP) is 5.00. The minimum Gasteiger partial charge on any atom is -0.464 e. The van der Waals surface area contributed by atoms with Gasteiger partial charge in [0.15, 0.2) is 0 Å². The van der Waals surface area contributed by atoms with Gasteiger partial charge in [0.25, 0.3) is 5.91 Å². The van der Waals surface area contributed by atoms with E-state index in [9.17, 15) is 4.79 Å². The third-order valence-corrected chi connectivity index (χ3v) is 5.74. The van der Waals surface area contributed by atoms with Crippen molar-refractivity contribution in [2.45, 2.75) is 51.6 Å². The Balaban J connectivity index is 1.39. The smallest absolute Gasteiger partial charge is 0.270 e. The number of hydrogen-bond acceptors (Lipinski definition) is 2. The van der Waals surface area contributed by atoms with Crippen LogP contribution in [0.25, 0.3) is 10.9 Å². The van der Waals surface area contributed by atoms with E-state index in [1.54, 1.807) is 0 Å². The summed E-state index contributed by atoms with van der Waals surface area (Å²) in [4.78, 5) is 18.4. The Morgan fingerprint density at radius 1 is 1.23 bits per heavy atom. The number of aromatic nitrogens is 1. The van der Waals surface area contributed by atoms with E-state index < -0.39 is 0 Å². The van der Waals surface area contributed by atoms with Crippen LogP contribution in [0, 0.1) is 12.8 Å². The van der Waals surface area contributed by atoms with Gasteiger partial charge in [0.2, 0.25) is 0 Å². The van der Waals surface area contributed by atoms with Crippen LogP contribution in [-0.4, -0.2) is 21.8 Å². The molecular formula is C22H24N2O2. The standard InChI is InChI=1S/C22H24N2O2/c1-13-3-4-15-11-20(23-19(15)9-13)22(25)24(16-5-6-16)12-17-7-8-21(26-17)18-10-14(18)2/h3-4,7-9,11,14,16,18,23H,5-6,10,12H2,1-2H3/t14-,18+/m0/s1. The highest BCUT2D eigenvalue weighted by atomic mass is 16.3. The summed E-state index contributed by atoms with van der Waals surface area (Å²) in [5, 5.41) is 1.08. The number of hydrogen-bond donors (Lipinski definition) is 1. The first-order valence-corrected chi connectivity index (χ1v) is 9.57. The Kier molecular flexibility index (Phi) is 3.49. The Bertz CT molecular complexity index is 979. The van der Waals surface area contributed by atoms with Crippen molar-refractivity contribution < 1.29 is 9.21 Å². The SMILES string of the molecule is Cc1ccc2cc(C(=O)N(Cc3ccc([C@@H]4C[C@@H]4C)o3)C3CC3)[nH]c2c1. The molecule has 134 valence electrons. The highest BCUT2D eigenvalue weighted by Crippen LogP contribution is 2.47. The Hall–Kier alpha value is -2.49. The third kappa shape index (κ3) is 2.83. The molecule has 2 fully saturated rings. The highest BCUT2D eigenvalue weighted by molar-refractivity contribution is 5.98. The average Bonchev–Trinajstić information content (AvgIpc) is 3.50. The van der Waals surface area contributed by atoms with Crippen LogP contribution in [-0.2, 0) is 6.54 Å². The van der Waals surface area contributed by atoms with Gasteiger partial charge in [-0.1, -0.05) is 19.1 Å². The van der Waals surface area contributed by atoms with Gasteiger partial charge in [0, 0.05) is 22.9 Å². The zero-order valence-corrected chi connectivity index (χ0v) is 15.3. The van der Waals surface area contributed by atoms with Crippen molar-refractivity contribution in [3.8, 4) is 0 Å². The van der Waals surface area contributed by atoms with Crippen molar-refractivity contribution in [2.75, 3.05) is 0 Å². The monoisotopic (exact) mass is 348 g/mol. The van der Waals surface area contributed by atoms with Crippen molar-refractivity contribution in [1.82, 2.24) is 9.88 Å². The number of nitrogens with zero attached hydrogens (tertiary/aromatic N) is 1. The molecule has 2 aliphatic rings. The van der Waals surface area contributed by atoms with E-state index in [4.69, 9.17) is 4.42 Å². The minimum absolute atomic E-state index is 0.0686. The van der Waals surface area contributed by atoms with E-state index in [0.717, 1.165) is 41.2 Å². The first-order chi connectivity index (χ1) is 12.6. The Morgan fingerprint density at radius 3 is 2.77 bits per heavy atom. The number of carbonyl (C=O) groups is 1. The van der Waals surface area contributed by atoms with Crippen LogP contribution in [0.2, 0.25) is 0 Å². The number of benzene rings is 1. The van der Waals surface area contributed by atoms with Gasteiger partial charge < -0.3 is 14.3 Å². The van der Waals surface area contributed by atoms with Crippen LogP contribution in [0.1, 0.15) is 59.7 Å². The average molecular weight is 348 g/mol. The molecule has 0 unspecified atom stereocenters. The minimum atomic E-state index is 0.0686. The summed E-state index contributed by atoms with van der Waals surface area (Å²) in [6.45, 7) is 4.87. The summed E-state index contributed by atoms with van der Waals surface area (Å²) < 4.78 is 6.04. The van der Waals surface area contributed by atoms with Gasteiger partial charge in [-0.2, -0.15) is 0 Å². The molecule has 1 aromatic carbocycles. The second kappa shape index (κ2) is 5.76. The molecule has 0 bridgehead atoms. The Labute approximate surface area is 153 Å². The molecular weight excluding hydrogens is 324 g/mol. The lowest BCUT2D eigenvalue weighted by molar-refractivity contribution is 0.0711. The van der Waals surface area contributed by atoms with E-state index >= 15 is 0 Å². The zero-order valence-electron chi connectivity index (χ0n) is 15.3. The summed E-state index contributed by atoms with van der Waals surface area (Å²) in [5.41, 5.74) is 2.88.